The van der Waals surface area contributed by atoms with E-state index in [1.165, 1.54) is 34.6 Å². The fraction of sp³-hybridized carbons (Fsp3) is 0.261. The van der Waals surface area contributed by atoms with Gasteiger partial charge in [0.05, 0.1) is 13.6 Å². The number of hydrogen-bond donors (Lipinski definition) is 0. The van der Waals surface area contributed by atoms with E-state index < -0.39 is 8.07 Å². The van der Waals surface area contributed by atoms with Gasteiger partial charge in [0, 0.05) is 11.6 Å². The van der Waals surface area contributed by atoms with Gasteiger partial charge in [-0.3, -0.25) is 4.98 Å². The van der Waals surface area contributed by atoms with Gasteiger partial charge in [0.25, 0.3) is 0 Å². The summed E-state index contributed by atoms with van der Waals surface area (Å²) in [6, 6.07) is 25.3. The maximum absolute atomic E-state index is 4.74. The van der Waals surface area contributed by atoms with Gasteiger partial charge < -0.3 is 0 Å². The number of pyridine rings is 1. The average Bonchev–Trinajstić information content (AvgIpc) is 2.69. The van der Waals surface area contributed by atoms with Crippen molar-refractivity contribution < 1.29 is 0 Å². The normalized spacial score (nSPS) is 12.5. The van der Waals surface area contributed by atoms with Crippen molar-refractivity contribution in [2.75, 3.05) is 0 Å². The molecule has 1 aromatic heterocycles. The molecule has 0 bridgehead atoms. The first-order chi connectivity index (χ1) is 12.2. The Bertz CT molecular complexity index is 855. The molecule has 0 aliphatic heterocycles. The Morgan fingerprint density at radius 3 is 2.20 bits per heavy atom. The Kier molecular flexibility index (Phi) is 5.49. The fourth-order valence-electron chi connectivity index (χ4n) is 3.80. The molecule has 3 aromatic rings. The van der Waals surface area contributed by atoms with Crippen LogP contribution in [0.5, 0.6) is 0 Å². The highest BCUT2D eigenvalue weighted by atomic mass is 28.3. The molecule has 0 atom stereocenters. The van der Waals surface area contributed by atoms with Gasteiger partial charge in [-0.05, 0) is 23.3 Å². The van der Waals surface area contributed by atoms with Gasteiger partial charge in [-0.2, -0.15) is 0 Å². The average molecular weight is 346 g/mol. The maximum atomic E-state index is 4.74. The number of benzene rings is 2. The predicted molar refractivity (Wildman–Crippen MR) is 113 cm³/mol. The van der Waals surface area contributed by atoms with E-state index in [1.807, 2.05) is 0 Å². The molecule has 128 valence electrons. The van der Waals surface area contributed by atoms with Crippen molar-refractivity contribution in [3.63, 3.8) is 0 Å². The van der Waals surface area contributed by atoms with Crippen LogP contribution < -0.4 is 0 Å². The summed E-state index contributed by atoms with van der Waals surface area (Å²) in [5.41, 5.74) is 3.67. The molecule has 0 radical (unpaired) electrons. The van der Waals surface area contributed by atoms with Crippen molar-refractivity contribution in [2.45, 2.75) is 38.9 Å². The summed E-state index contributed by atoms with van der Waals surface area (Å²) < 4.78 is 0. The lowest BCUT2D eigenvalue weighted by Gasteiger charge is -2.32. The van der Waals surface area contributed by atoms with E-state index in [-0.39, 0.29) is 0 Å². The minimum absolute atomic E-state index is 1.07. The number of fused-ring (bicyclic) bond motifs is 1. The Balaban J connectivity index is 2.20. The minimum Gasteiger partial charge on any atom is -0.256 e. The number of hydrogen-bond acceptors (Lipinski definition) is 1. The van der Waals surface area contributed by atoms with Crippen LogP contribution in [0.4, 0.5) is 0 Å². The van der Waals surface area contributed by atoms with Crippen molar-refractivity contribution in [2.24, 2.45) is 0 Å². The van der Waals surface area contributed by atoms with E-state index in [0.29, 0.717) is 0 Å². The lowest BCUT2D eigenvalue weighted by atomic mass is 10.1. The lowest BCUT2D eigenvalue weighted by molar-refractivity contribution is 1.20. The largest absolute Gasteiger partial charge is 0.256 e. The van der Waals surface area contributed by atoms with Crippen molar-refractivity contribution in [1.82, 2.24) is 4.98 Å². The first-order valence-electron chi connectivity index (χ1n) is 9.35. The third-order valence-electron chi connectivity index (χ3n) is 5.61. The molecule has 3 rings (SSSR count). The Hall–Kier alpha value is -2.19. The summed E-state index contributed by atoms with van der Waals surface area (Å²) in [7, 11) is -1.54. The van der Waals surface area contributed by atoms with E-state index in [4.69, 9.17) is 4.98 Å². The van der Waals surface area contributed by atoms with E-state index in [0.717, 1.165) is 5.52 Å². The zero-order valence-corrected chi connectivity index (χ0v) is 16.5. The molecule has 0 spiro atoms. The smallest absolute Gasteiger partial charge is 0.0868 e. The summed E-state index contributed by atoms with van der Waals surface area (Å²) in [6.45, 7) is 7.10. The summed E-state index contributed by atoms with van der Waals surface area (Å²) in [4.78, 5) is 4.74. The fourth-order valence-corrected chi connectivity index (χ4v) is 7.66. The Morgan fingerprint density at radius 1 is 0.880 bits per heavy atom. The number of nitrogens with zero attached hydrogens (tertiary/aromatic N) is 1. The van der Waals surface area contributed by atoms with Gasteiger partial charge >= 0.3 is 0 Å². The predicted octanol–water partition coefficient (Wildman–Crippen LogP) is 6.82. The molecule has 0 saturated heterocycles. The molecular weight excluding hydrogens is 318 g/mol. The van der Waals surface area contributed by atoms with Crippen molar-refractivity contribution in [3.05, 3.63) is 78.0 Å². The van der Waals surface area contributed by atoms with Crippen molar-refractivity contribution in [3.8, 4) is 0 Å². The van der Waals surface area contributed by atoms with E-state index in [2.05, 4.69) is 93.7 Å². The molecule has 0 unspecified atom stereocenters. The Morgan fingerprint density at radius 2 is 1.52 bits per heavy atom. The van der Waals surface area contributed by atoms with Gasteiger partial charge in [-0.1, -0.05) is 98.7 Å². The molecule has 0 amide bonds. The van der Waals surface area contributed by atoms with Crippen LogP contribution in [0.1, 0.15) is 31.9 Å². The van der Waals surface area contributed by atoms with Crippen LogP contribution >= 0.6 is 0 Å². The zero-order valence-electron chi connectivity index (χ0n) is 15.5. The van der Waals surface area contributed by atoms with E-state index >= 15 is 0 Å². The van der Waals surface area contributed by atoms with Gasteiger partial charge in [0.15, 0.2) is 0 Å². The molecule has 2 aromatic carbocycles. The van der Waals surface area contributed by atoms with Gasteiger partial charge in [-0.25, -0.2) is 0 Å². The molecule has 1 heterocycles. The second-order valence-corrected chi connectivity index (χ2v) is 11.9. The highest BCUT2D eigenvalue weighted by Gasteiger charge is 2.32. The quantitative estimate of drug-likeness (QED) is 0.446. The first kappa shape index (κ1) is 17.6. The van der Waals surface area contributed by atoms with Crippen LogP contribution in [0.15, 0.2) is 66.9 Å². The monoisotopic (exact) mass is 345 g/mol. The molecule has 0 aliphatic carbocycles. The lowest BCUT2D eigenvalue weighted by Crippen LogP contribution is -2.33. The van der Waals surface area contributed by atoms with Crippen molar-refractivity contribution >= 4 is 30.2 Å². The molecule has 0 fully saturated rings. The third-order valence-corrected chi connectivity index (χ3v) is 11.3. The third kappa shape index (κ3) is 3.59. The summed E-state index contributed by atoms with van der Waals surface area (Å²) in [6.07, 6.45) is 4.51. The second-order valence-electron chi connectivity index (χ2n) is 6.73. The van der Waals surface area contributed by atoms with Gasteiger partial charge in [0.2, 0.25) is 0 Å². The van der Waals surface area contributed by atoms with Crippen LogP contribution in [-0.2, 0) is 0 Å². The zero-order chi connectivity index (χ0) is 17.7. The topological polar surface area (TPSA) is 12.9 Å². The number of para-hydroxylation sites is 1. The van der Waals surface area contributed by atoms with Crippen LogP contribution in [0, 0.1) is 0 Å². The van der Waals surface area contributed by atoms with Gasteiger partial charge in [0.1, 0.15) is 0 Å². The summed E-state index contributed by atoms with van der Waals surface area (Å²) >= 11 is 0. The van der Waals surface area contributed by atoms with Gasteiger partial charge in [-0.15, -0.1) is 0 Å². The molecule has 2 heteroatoms. The second kappa shape index (κ2) is 7.79. The van der Waals surface area contributed by atoms with E-state index in [1.54, 1.807) is 5.20 Å². The molecular formula is C23H27NSi. The van der Waals surface area contributed by atoms with E-state index in [9.17, 15) is 0 Å². The molecule has 0 aliphatic rings. The van der Waals surface area contributed by atoms with Crippen LogP contribution in [0.3, 0.4) is 0 Å². The maximum Gasteiger partial charge on any atom is 0.0868 e. The standard InChI is InChI=1S/C23H27NSi/c1-4-25(5-2,6-3)23(16-19-12-8-7-9-13-19)21-17-20-14-10-11-15-22(20)24-18-21/h7-18H,4-6H2,1-3H3/b23-16+. The molecule has 0 saturated carbocycles. The highest BCUT2D eigenvalue weighted by Crippen LogP contribution is 2.37. The molecule has 25 heavy (non-hydrogen) atoms. The Labute approximate surface area is 152 Å². The number of rotatable bonds is 6. The highest BCUT2D eigenvalue weighted by molar-refractivity contribution is 6.97. The van der Waals surface area contributed by atoms with Crippen molar-refractivity contribution in [1.29, 1.82) is 0 Å². The SMILES string of the molecule is CC[Si](CC)(CC)/C(=C/c1ccccc1)c1cnc2ccccc2c1. The van der Waals surface area contributed by atoms with Crippen LogP contribution in [0.25, 0.3) is 22.2 Å². The number of aromatic nitrogens is 1. The van der Waals surface area contributed by atoms with Crippen LogP contribution in [0.2, 0.25) is 18.1 Å². The first-order valence-corrected chi connectivity index (χ1v) is 12.0. The summed E-state index contributed by atoms with van der Waals surface area (Å²) in [5, 5.41) is 2.77. The molecule has 1 nitrogen and oxygen atoms in total. The summed E-state index contributed by atoms with van der Waals surface area (Å²) in [5.74, 6) is 0. The molecule has 0 N–H and O–H groups in total. The minimum atomic E-state index is -1.54. The van der Waals surface area contributed by atoms with Crippen LogP contribution in [-0.4, -0.2) is 13.1 Å².